The molecule has 1 atom stereocenters. The van der Waals surface area contributed by atoms with Crippen LogP contribution in [0.1, 0.15) is 59.3 Å². The van der Waals surface area contributed by atoms with E-state index >= 15 is 0 Å². The highest BCUT2D eigenvalue weighted by Gasteiger charge is 2.28. The van der Waals surface area contributed by atoms with Gasteiger partial charge in [-0.05, 0) is 18.8 Å². The van der Waals surface area contributed by atoms with Crippen LogP contribution < -0.4 is 5.32 Å². The standard InChI is InChI=1S/C14H28N2O/c1-4-13-14(17)16(11-15-13)10-8-6-5-7-9-12(2)3/h12-13,15H,4-11H2,1-3H3. The van der Waals surface area contributed by atoms with E-state index in [0.717, 1.165) is 32.0 Å². The number of amides is 1. The quantitative estimate of drug-likeness (QED) is 0.662. The largest absolute Gasteiger partial charge is 0.329 e. The Labute approximate surface area is 106 Å². The van der Waals surface area contributed by atoms with Crippen molar-refractivity contribution in [2.24, 2.45) is 5.92 Å². The molecule has 0 radical (unpaired) electrons. The maximum Gasteiger partial charge on any atom is 0.240 e. The third-order valence-electron chi connectivity index (χ3n) is 3.51. The van der Waals surface area contributed by atoms with Gasteiger partial charge in [0.2, 0.25) is 5.91 Å². The van der Waals surface area contributed by atoms with Crippen molar-refractivity contribution >= 4 is 5.91 Å². The average Bonchev–Trinajstić information content (AvgIpc) is 2.64. The van der Waals surface area contributed by atoms with Gasteiger partial charge in [0.1, 0.15) is 0 Å². The molecule has 1 fully saturated rings. The van der Waals surface area contributed by atoms with Crippen LogP contribution in [0, 0.1) is 5.92 Å². The highest BCUT2D eigenvalue weighted by atomic mass is 16.2. The van der Waals surface area contributed by atoms with Crippen LogP contribution >= 0.6 is 0 Å². The van der Waals surface area contributed by atoms with Gasteiger partial charge in [-0.3, -0.25) is 10.1 Å². The maximum atomic E-state index is 11.8. The van der Waals surface area contributed by atoms with Crippen molar-refractivity contribution in [1.29, 1.82) is 0 Å². The number of hydrogen-bond donors (Lipinski definition) is 1. The predicted molar refractivity (Wildman–Crippen MR) is 71.7 cm³/mol. The molecule has 0 aromatic carbocycles. The Balaban J connectivity index is 2.02. The van der Waals surface area contributed by atoms with Gasteiger partial charge >= 0.3 is 0 Å². The van der Waals surface area contributed by atoms with Crippen molar-refractivity contribution in [3.05, 3.63) is 0 Å². The molecule has 1 unspecified atom stereocenters. The van der Waals surface area contributed by atoms with Crippen LogP contribution in [0.2, 0.25) is 0 Å². The van der Waals surface area contributed by atoms with E-state index < -0.39 is 0 Å². The van der Waals surface area contributed by atoms with E-state index in [-0.39, 0.29) is 6.04 Å². The predicted octanol–water partition coefficient (Wildman–Crippen LogP) is 2.76. The number of nitrogens with one attached hydrogen (secondary N) is 1. The Hall–Kier alpha value is -0.570. The summed E-state index contributed by atoms with van der Waals surface area (Å²) < 4.78 is 0. The molecule has 0 saturated carbocycles. The van der Waals surface area contributed by atoms with Gasteiger partial charge in [0.15, 0.2) is 0 Å². The number of carbonyl (C=O) groups is 1. The summed E-state index contributed by atoms with van der Waals surface area (Å²) in [7, 11) is 0. The third-order valence-corrected chi connectivity index (χ3v) is 3.51. The van der Waals surface area contributed by atoms with Crippen molar-refractivity contribution in [2.75, 3.05) is 13.2 Å². The van der Waals surface area contributed by atoms with Crippen molar-refractivity contribution in [3.63, 3.8) is 0 Å². The van der Waals surface area contributed by atoms with Gasteiger partial charge in [-0.25, -0.2) is 0 Å². The lowest BCUT2D eigenvalue weighted by atomic mass is 10.0. The first-order valence-electron chi connectivity index (χ1n) is 7.17. The van der Waals surface area contributed by atoms with E-state index in [1.54, 1.807) is 0 Å². The number of unbranched alkanes of at least 4 members (excludes halogenated alkanes) is 3. The van der Waals surface area contributed by atoms with Crippen LogP contribution in [0.3, 0.4) is 0 Å². The molecule has 1 aliphatic heterocycles. The molecule has 3 heteroatoms. The molecule has 17 heavy (non-hydrogen) atoms. The van der Waals surface area contributed by atoms with E-state index in [1.807, 2.05) is 4.90 Å². The summed E-state index contributed by atoms with van der Waals surface area (Å²) in [5.74, 6) is 1.12. The van der Waals surface area contributed by atoms with Crippen LogP contribution in [-0.4, -0.2) is 30.1 Å². The zero-order valence-electron chi connectivity index (χ0n) is 11.7. The lowest BCUT2D eigenvalue weighted by Crippen LogP contribution is -2.30. The third kappa shape index (κ3) is 5.07. The molecule has 0 aromatic rings. The fourth-order valence-corrected chi connectivity index (χ4v) is 2.32. The van der Waals surface area contributed by atoms with Crippen LogP contribution in [0.4, 0.5) is 0 Å². The molecule has 1 rings (SSSR count). The Morgan fingerprint density at radius 2 is 2.00 bits per heavy atom. The Morgan fingerprint density at radius 3 is 2.59 bits per heavy atom. The van der Waals surface area contributed by atoms with Gasteiger partial charge in [0.05, 0.1) is 12.7 Å². The summed E-state index contributed by atoms with van der Waals surface area (Å²) >= 11 is 0. The fraction of sp³-hybridized carbons (Fsp3) is 0.929. The molecular weight excluding hydrogens is 212 g/mol. The molecule has 0 spiro atoms. The normalized spacial score (nSPS) is 20.6. The summed E-state index contributed by atoms with van der Waals surface area (Å²) in [6.45, 7) is 8.30. The van der Waals surface area contributed by atoms with Gasteiger partial charge in [0.25, 0.3) is 0 Å². The average molecular weight is 240 g/mol. The van der Waals surface area contributed by atoms with Crippen molar-refractivity contribution < 1.29 is 4.79 Å². The summed E-state index contributed by atoms with van der Waals surface area (Å²) in [5.41, 5.74) is 0. The van der Waals surface area contributed by atoms with Gasteiger partial charge in [-0.15, -0.1) is 0 Å². The first kappa shape index (κ1) is 14.5. The minimum absolute atomic E-state index is 0.0796. The van der Waals surface area contributed by atoms with E-state index in [9.17, 15) is 4.79 Å². The Bertz CT molecular complexity index is 228. The fourth-order valence-electron chi connectivity index (χ4n) is 2.32. The van der Waals surface area contributed by atoms with E-state index in [0.29, 0.717) is 5.91 Å². The number of nitrogens with zero attached hydrogens (tertiary/aromatic N) is 1. The first-order valence-corrected chi connectivity index (χ1v) is 7.17. The van der Waals surface area contributed by atoms with E-state index in [4.69, 9.17) is 0 Å². The lowest BCUT2D eigenvalue weighted by Gasteiger charge is -2.15. The van der Waals surface area contributed by atoms with Crippen LogP contribution in [0.15, 0.2) is 0 Å². The SMILES string of the molecule is CCC1NCN(CCCCCCC(C)C)C1=O. The Morgan fingerprint density at radius 1 is 1.29 bits per heavy atom. The second-order valence-corrected chi connectivity index (χ2v) is 5.52. The molecule has 1 N–H and O–H groups in total. The molecule has 0 aromatic heterocycles. The summed E-state index contributed by atoms with van der Waals surface area (Å²) in [6, 6.07) is 0.0796. The smallest absolute Gasteiger partial charge is 0.240 e. The van der Waals surface area contributed by atoms with Crippen LogP contribution in [0.5, 0.6) is 0 Å². The maximum absolute atomic E-state index is 11.8. The molecule has 100 valence electrons. The highest BCUT2D eigenvalue weighted by molar-refractivity contribution is 5.83. The molecule has 1 heterocycles. The van der Waals surface area contributed by atoms with E-state index in [2.05, 4.69) is 26.1 Å². The van der Waals surface area contributed by atoms with Crippen LogP contribution in [-0.2, 0) is 4.79 Å². The minimum atomic E-state index is 0.0796. The zero-order valence-corrected chi connectivity index (χ0v) is 11.7. The van der Waals surface area contributed by atoms with Crippen molar-refractivity contribution in [1.82, 2.24) is 10.2 Å². The minimum Gasteiger partial charge on any atom is -0.329 e. The molecular formula is C14H28N2O. The van der Waals surface area contributed by atoms with Gasteiger partial charge in [0, 0.05) is 6.54 Å². The van der Waals surface area contributed by atoms with Gasteiger partial charge < -0.3 is 4.90 Å². The molecule has 1 saturated heterocycles. The number of carbonyl (C=O) groups excluding carboxylic acids is 1. The second kappa shape index (κ2) is 7.70. The first-order chi connectivity index (χ1) is 8.15. The molecule has 1 aliphatic rings. The summed E-state index contributed by atoms with van der Waals surface area (Å²) in [6.07, 6.45) is 7.30. The Kier molecular flexibility index (Phi) is 6.56. The molecule has 0 bridgehead atoms. The summed E-state index contributed by atoms with van der Waals surface area (Å²) in [5, 5.41) is 3.25. The lowest BCUT2D eigenvalue weighted by molar-refractivity contribution is -0.129. The van der Waals surface area contributed by atoms with Gasteiger partial charge in [-0.2, -0.15) is 0 Å². The van der Waals surface area contributed by atoms with Crippen molar-refractivity contribution in [3.8, 4) is 0 Å². The van der Waals surface area contributed by atoms with Gasteiger partial charge in [-0.1, -0.05) is 46.5 Å². The highest BCUT2D eigenvalue weighted by Crippen LogP contribution is 2.11. The van der Waals surface area contributed by atoms with E-state index in [1.165, 1.54) is 25.7 Å². The second-order valence-electron chi connectivity index (χ2n) is 5.52. The number of hydrogen-bond acceptors (Lipinski definition) is 2. The van der Waals surface area contributed by atoms with Crippen molar-refractivity contribution in [2.45, 2.75) is 65.3 Å². The summed E-state index contributed by atoms with van der Waals surface area (Å²) in [4.78, 5) is 13.8. The molecule has 1 amide bonds. The zero-order chi connectivity index (χ0) is 12.7. The monoisotopic (exact) mass is 240 g/mol. The molecule has 0 aliphatic carbocycles. The topological polar surface area (TPSA) is 32.3 Å². The van der Waals surface area contributed by atoms with Crippen LogP contribution in [0.25, 0.3) is 0 Å². The molecule has 3 nitrogen and oxygen atoms in total. The number of rotatable bonds is 8.